The smallest absolute Gasteiger partial charge is 0.173 e. The lowest BCUT2D eigenvalue weighted by Crippen LogP contribution is -2.50. The van der Waals surface area contributed by atoms with Gasteiger partial charge in [0.1, 0.15) is 5.75 Å². The van der Waals surface area contributed by atoms with Gasteiger partial charge in [0.2, 0.25) is 0 Å². The quantitative estimate of drug-likeness (QED) is 0.391. The molecule has 1 heterocycles. The van der Waals surface area contributed by atoms with Gasteiger partial charge < -0.3 is 15.0 Å². The second-order valence-electron chi connectivity index (χ2n) is 7.90. The summed E-state index contributed by atoms with van der Waals surface area (Å²) in [6, 6.07) is 24.4. The Labute approximate surface area is 211 Å². The van der Waals surface area contributed by atoms with Crippen LogP contribution in [-0.4, -0.2) is 47.7 Å². The van der Waals surface area contributed by atoms with Gasteiger partial charge in [-0.15, -0.1) is 0 Å². The van der Waals surface area contributed by atoms with Crippen LogP contribution in [0.25, 0.3) is 0 Å². The SMILES string of the molecule is CCOc1ccc(NC(=S)N2CCN(C(c3ccccc3)c3ccc(Cl)c(Cl)c3)CC2)cc1. The molecule has 4 rings (SSSR count). The summed E-state index contributed by atoms with van der Waals surface area (Å²) >= 11 is 18.2. The molecule has 7 heteroatoms. The van der Waals surface area contributed by atoms with E-state index in [2.05, 4.69) is 45.4 Å². The maximum atomic E-state index is 6.36. The lowest BCUT2D eigenvalue weighted by atomic mass is 9.96. The highest BCUT2D eigenvalue weighted by Gasteiger charge is 2.27. The van der Waals surface area contributed by atoms with Crippen LogP contribution in [0.4, 0.5) is 5.69 Å². The van der Waals surface area contributed by atoms with Gasteiger partial charge in [0.05, 0.1) is 22.7 Å². The monoisotopic (exact) mass is 499 g/mol. The van der Waals surface area contributed by atoms with Gasteiger partial charge in [0, 0.05) is 31.9 Å². The zero-order chi connectivity index (χ0) is 23.2. The molecule has 1 saturated heterocycles. The van der Waals surface area contributed by atoms with Crippen LogP contribution in [-0.2, 0) is 0 Å². The lowest BCUT2D eigenvalue weighted by Gasteiger charge is -2.40. The third-order valence-corrected chi connectivity index (χ3v) is 6.86. The molecule has 0 aliphatic carbocycles. The molecule has 0 radical (unpaired) electrons. The fraction of sp³-hybridized carbons (Fsp3) is 0.269. The predicted octanol–water partition coefficient (Wildman–Crippen LogP) is 6.50. The molecule has 3 aromatic rings. The molecule has 1 unspecified atom stereocenters. The first-order chi connectivity index (χ1) is 16.0. The molecule has 1 aliphatic rings. The van der Waals surface area contributed by atoms with Crippen molar-refractivity contribution in [3.05, 3.63) is 94.0 Å². The van der Waals surface area contributed by atoms with Gasteiger partial charge in [0.15, 0.2) is 5.11 Å². The summed E-state index contributed by atoms with van der Waals surface area (Å²) in [5.74, 6) is 0.858. The average molecular weight is 500 g/mol. The molecule has 33 heavy (non-hydrogen) atoms. The van der Waals surface area contributed by atoms with Gasteiger partial charge in [-0.2, -0.15) is 0 Å². The molecular formula is C26H27Cl2N3OS. The van der Waals surface area contributed by atoms with Crippen molar-refractivity contribution in [1.82, 2.24) is 9.80 Å². The van der Waals surface area contributed by atoms with Crippen LogP contribution in [0.2, 0.25) is 10.0 Å². The van der Waals surface area contributed by atoms with Crippen molar-refractivity contribution in [3.63, 3.8) is 0 Å². The van der Waals surface area contributed by atoms with Gasteiger partial charge in [-0.25, -0.2) is 0 Å². The summed E-state index contributed by atoms with van der Waals surface area (Å²) in [6.45, 7) is 6.07. The van der Waals surface area contributed by atoms with Crippen molar-refractivity contribution in [2.45, 2.75) is 13.0 Å². The highest BCUT2D eigenvalue weighted by molar-refractivity contribution is 7.80. The summed E-state index contributed by atoms with van der Waals surface area (Å²) in [5.41, 5.74) is 3.34. The fourth-order valence-electron chi connectivity index (χ4n) is 4.12. The number of anilines is 1. The van der Waals surface area contributed by atoms with Gasteiger partial charge in [-0.1, -0.05) is 59.6 Å². The Morgan fingerprint density at radius 2 is 1.61 bits per heavy atom. The van der Waals surface area contributed by atoms with Gasteiger partial charge in [0.25, 0.3) is 0 Å². The zero-order valence-corrected chi connectivity index (χ0v) is 20.8. The van der Waals surface area contributed by atoms with Crippen molar-refractivity contribution < 1.29 is 4.74 Å². The molecule has 0 bridgehead atoms. The van der Waals surface area contributed by atoms with Crippen molar-refractivity contribution >= 4 is 46.2 Å². The molecule has 1 fully saturated rings. The Morgan fingerprint density at radius 3 is 2.24 bits per heavy atom. The summed E-state index contributed by atoms with van der Waals surface area (Å²) in [7, 11) is 0. The number of thiocarbonyl (C=S) groups is 1. The van der Waals surface area contributed by atoms with Crippen LogP contribution in [0.1, 0.15) is 24.1 Å². The molecule has 1 aliphatic heterocycles. The molecule has 172 valence electrons. The van der Waals surface area contributed by atoms with E-state index in [1.165, 1.54) is 5.56 Å². The number of hydrogen-bond acceptors (Lipinski definition) is 3. The minimum atomic E-state index is 0.107. The van der Waals surface area contributed by atoms with E-state index in [0.717, 1.165) is 48.3 Å². The number of ether oxygens (including phenoxy) is 1. The number of halogens is 2. The van der Waals surface area contributed by atoms with Gasteiger partial charge in [-0.05, 0) is 66.7 Å². The molecule has 4 nitrogen and oxygen atoms in total. The Balaban J connectivity index is 1.43. The van der Waals surface area contributed by atoms with E-state index in [-0.39, 0.29) is 6.04 Å². The third-order valence-electron chi connectivity index (χ3n) is 5.76. The Hall–Kier alpha value is -2.31. The Kier molecular flexibility index (Phi) is 8.10. The molecule has 3 aromatic carbocycles. The van der Waals surface area contributed by atoms with E-state index in [1.54, 1.807) is 0 Å². The van der Waals surface area contributed by atoms with Gasteiger partial charge >= 0.3 is 0 Å². The molecule has 1 atom stereocenters. The van der Waals surface area contributed by atoms with Crippen LogP contribution >= 0.6 is 35.4 Å². The van der Waals surface area contributed by atoms with Crippen LogP contribution in [0.5, 0.6) is 5.75 Å². The zero-order valence-electron chi connectivity index (χ0n) is 18.5. The van der Waals surface area contributed by atoms with E-state index in [9.17, 15) is 0 Å². The normalized spacial score (nSPS) is 15.2. The van der Waals surface area contributed by atoms with Crippen LogP contribution in [0.3, 0.4) is 0 Å². The first-order valence-electron chi connectivity index (χ1n) is 11.1. The minimum Gasteiger partial charge on any atom is -0.494 e. The number of nitrogens with one attached hydrogen (secondary N) is 1. The Bertz CT molecular complexity index is 1070. The number of benzene rings is 3. The van der Waals surface area contributed by atoms with Crippen molar-refractivity contribution in [3.8, 4) is 5.75 Å². The summed E-state index contributed by atoms with van der Waals surface area (Å²) in [6.07, 6.45) is 0. The molecule has 0 saturated carbocycles. The second-order valence-corrected chi connectivity index (χ2v) is 9.10. The number of nitrogens with zero attached hydrogens (tertiary/aromatic N) is 2. The highest BCUT2D eigenvalue weighted by Crippen LogP contribution is 2.33. The van der Waals surface area contributed by atoms with E-state index < -0.39 is 0 Å². The fourth-order valence-corrected chi connectivity index (χ4v) is 4.73. The maximum Gasteiger partial charge on any atom is 0.173 e. The van der Waals surface area contributed by atoms with E-state index in [1.807, 2.05) is 49.4 Å². The Morgan fingerprint density at radius 1 is 0.909 bits per heavy atom. The van der Waals surface area contributed by atoms with Gasteiger partial charge in [-0.3, -0.25) is 4.90 Å². The number of piperazine rings is 1. The molecule has 0 spiro atoms. The standard InChI is InChI=1S/C26H27Cl2N3OS/c1-2-32-22-11-9-21(10-12-22)29-26(33)31-16-14-30(15-17-31)25(19-6-4-3-5-7-19)20-8-13-23(27)24(28)18-20/h3-13,18,25H,2,14-17H2,1H3,(H,29,33). The second kappa shape index (κ2) is 11.2. The number of rotatable bonds is 6. The van der Waals surface area contributed by atoms with Crippen molar-refractivity contribution in [2.24, 2.45) is 0 Å². The average Bonchev–Trinajstić information content (AvgIpc) is 2.84. The minimum absolute atomic E-state index is 0.107. The topological polar surface area (TPSA) is 27.7 Å². The first kappa shape index (κ1) is 23.8. The predicted molar refractivity (Wildman–Crippen MR) is 142 cm³/mol. The summed E-state index contributed by atoms with van der Waals surface area (Å²) in [4.78, 5) is 4.70. The summed E-state index contributed by atoms with van der Waals surface area (Å²) < 4.78 is 5.51. The lowest BCUT2D eigenvalue weighted by molar-refractivity contribution is 0.151. The van der Waals surface area contributed by atoms with Crippen LogP contribution in [0, 0.1) is 0 Å². The van der Waals surface area contributed by atoms with E-state index >= 15 is 0 Å². The largest absolute Gasteiger partial charge is 0.494 e. The van der Waals surface area contributed by atoms with Crippen molar-refractivity contribution in [2.75, 3.05) is 38.1 Å². The van der Waals surface area contributed by atoms with E-state index in [0.29, 0.717) is 16.7 Å². The number of hydrogen-bond donors (Lipinski definition) is 1. The first-order valence-corrected chi connectivity index (χ1v) is 12.2. The van der Waals surface area contributed by atoms with Crippen LogP contribution < -0.4 is 10.1 Å². The highest BCUT2D eigenvalue weighted by atomic mass is 35.5. The van der Waals surface area contributed by atoms with E-state index in [4.69, 9.17) is 40.2 Å². The molecule has 0 aromatic heterocycles. The third kappa shape index (κ3) is 5.98. The molecule has 0 amide bonds. The maximum absolute atomic E-state index is 6.36. The molecular weight excluding hydrogens is 473 g/mol. The van der Waals surface area contributed by atoms with Crippen molar-refractivity contribution in [1.29, 1.82) is 0 Å². The summed E-state index contributed by atoms with van der Waals surface area (Å²) in [5, 5.41) is 5.24. The molecule has 1 N–H and O–H groups in total. The van der Waals surface area contributed by atoms with Crippen LogP contribution in [0.15, 0.2) is 72.8 Å².